The van der Waals surface area contributed by atoms with Crippen molar-refractivity contribution in [3.8, 4) is 22.5 Å². The van der Waals surface area contributed by atoms with Crippen molar-refractivity contribution < 1.29 is 0 Å². The minimum Gasteiger partial charge on any atom is -0.372 e. The van der Waals surface area contributed by atoms with Gasteiger partial charge < -0.3 is 9.80 Å². The Morgan fingerprint density at radius 3 is 1.50 bits per heavy atom. The van der Waals surface area contributed by atoms with Crippen LogP contribution in [0.5, 0.6) is 0 Å². The lowest BCUT2D eigenvalue weighted by Gasteiger charge is -2.21. The van der Waals surface area contributed by atoms with Crippen LogP contribution in [0.15, 0.2) is 53.7 Å². The maximum absolute atomic E-state index is 4.93. The van der Waals surface area contributed by atoms with Crippen molar-refractivity contribution in [2.75, 3.05) is 36.0 Å². The van der Waals surface area contributed by atoms with Crippen molar-refractivity contribution in [2.24, 2.45) is 0 Å². The van der Waals surface area contributed by atoms with E-state index in [1.807, 2.05) is 0 Å². The average Bonchev–Trinajstić information content (AvgIpc) is 2.81. The Morgan fingerprint density at radius 1 is 0.656 bits per heavy atom. The zero-order valence-electron chi connectivity index (χ0n) is 20.2. The van der Waals surface area contributed by atoms with E-state index in [0.29, 0.717) is 10.4 Å². The number of hydrogen-bond donors (Lipinski definition) is 0. The highest BCUT2D eigenvalue weighted by atomic mass is 32.2. The minimum atomic E-state index is 0.397. The van der Waals surface area contributed by atoms with Crippen LogP contribution in [-0.4, -0.2) is 46.6 Å². The third-order valence-electron chi connectivity index (χ3n) is 5.55. The molecular formula is C26H35N5S. The molecule has 6 heteroatoms. The summed E-state index contributed by atoms with van der Waals surface area (Å²) in [5, 5.41) is 10.2. The monoisotopic (exact) mass is 449 g/mol. The third kappa shape index (κ3) is 5.60. The van der Waals surface area contributed by atoms with Crippen molar-refractivity contribution in [1.29, 1.82) is 0 Å². The predicted molar refractivity (Wildman–Crippen MR) is 139 cm³/mol. The van der Waals surface area contributed by atoms with E-state index in [4.69, 9.17) is 4.98 Å². The van der Waals surface area contributed by atoms with Gasteiger partial charge in [-0.1, -0.05) is 49.9 Å². The van der Waals surface area contributed by atoms with E-state index in [1.54, 1.807) is 11.8 Å². The molecule has 0 saturated carbocycles. The van der Waals surface area contributed by atoms with Gasteiger partial charge in [0.15, 0.2) is 0 Å². The number of anilines is 2. The number of thioether (sulfide) groups is 1. The SMILES string of the molecule is CCN(CC)c1ccc(-c2nnc(SC(C)C)nc2-c2ccc(N(CC)CC)cc2)cc1. The van der Waals surface area contributed by atoms with E-state index in [-0.39, 0.29) is 0 Å². The molecule has 0 radical (unpaired) electrons. The fourth-order valence-electron chi connectivity index (χ4n) is 3.81. The normalized spacial score (nSPS) is 11.1. The van der Waals surface area contributed by atoms with Gasteiger partial charge in [-0.25, -0.2) is 4.98 Å². The first-order chi connectivity index (χ1) is 15.5. The summed E-state index contributed by atoms with van der Waals surface area (Å²) in [5.74, 6) is 0. The molecule has 0 aliphatic heterocycles. The van der Waals surface area contributed by atoms with Gasteiger partial charge in [-0.3, -0.25) is 0 Å². The molecule has 0 aliphatic carbocycles. The molecule has 3 aromatic rings. The molecule has 0 unspecified atom stereocenters. The maximum Gasteiger partial charge on any atom is 0.209 e. The summed E-state index contributed by atoms with van der Waals surface area (Å²) < 4.78 is 0. The molecule has 5 nitrogen and oxygen atoms in total. The molecule has 0 spiro atoms. The van der Waals surface area contributed by atoms with Crippen molar-refractivity contribution in [3.63, 3.8) is 0 Å². The molecule has 0 N–H and O–H groups in total. The molecule has 32 heavy (non-hydrogen) atoms. The molecule has 0 amide bonds. The van der Waals surface area contributed by atoms with Crippen LogP contribution >= 0.6 is 11.8 Å². The highest BCUT2D eigenvalue weighted by molar-refractivity contribution is 7.99. The second kappa shape index (κ2) is 11.3. The zero-order valence-corrected chi connectivity index (χ0v) is 21.0. The topological polar surface area (TPSA) is 45.2 Å². The van der Waals surface area contributed by atoms with Gasteiger partial charge in [-0.15, -0.1) is 10.2 Å². The van der Waals surface area contributed by atoms with Gasteiger partial charge in [-0.05, 0) is 52.0 Å². The highest BCUT2D eigenvalue weighted by Crippen LogP contribution is 2.32. The van der Waals surface area contributed by atoms with E-state index in [2.05, 4.69) is 110 Å². The highest BCUT2D eigenvalue weighted by Gasteiger charge is 2.16. The molecular weight excluding hydrogens is 414 g/mol. The zero-order chi connectivity index (χ0) is 23.1. The molecule has 0 atom stereocenters. The summed E-state index contributed by atoms with van der Waals surface area (Å²) >= 11 is 1.64. The van der Waals surface area contributed by atoms with Crippen molar-refractivity contribution in [3.05, 3.63) is 48.5 Å². The largest absolute Gasteiger partial charge is 0.372 e. The number of benzene rings is 2. The first-order valence-electron chi connectivity index (χ1n) is 11.6. The second-order valence-electron chi connectivity index (χ2n) is 7.90. The molecule has 170 valence electrons. The summed E-state index contributed by atoms with van der Waals surface area (Å²) in [4.78, 5) is 9.61. The van der Waals surface area contributed by atoms with Crippen LogP contribution in [-0.2, 0) is 0 Å². The summed E-state index contributed by atoms with van der Waals surface area (Å²) in [6.07, 6.45) is 0. The Labute approximate surface area is 197 Å². The first-order valence-corrected chi connectivity index (χ1v) is 12.5. The smallest absolute Gasteiger partial charge is 0.209 e. The van der Waals surface area contributed by atoms with E-state index in [1.165, 1.54) is 11.4 Å². The third-order valence-corrected chi connectivity index (χ3v) is 6.40. The summed E-state index contributed by atoms with van der Waals surface area (Å²) in [7, 11) is 0. The Bertz CT molecular complexity index is 978. The van der Waals surface area contributed by atoms with Crippen LogP contribution in [0, 0.1) is 0 Å². The van der Waals surface area contributed by atoms with Crippen LogP contribution in [0.1, 0.15) is 41.5 Å². The van der Waals surface area contributed by atoms with Crippen molar-refractivity contribution in [2.45, 2.75) is 51.9 Å². The minimum absolute atomic E-state index is 0.397. The van der Waals surface area contributed by atoms with E-state index in [0.717, 1.165) is 48.7 Å². The summed E-state index contributed by atoms with van der Waals surface area (Å²) in [6.45, 7) is 17.0. The van der Waals surface area contributed by atoms with Crippen molar-refractivity contribution in [1.82, 2.24) is 15.2 Å². The number of hydrogen-bond acceptors (Lipinski definition) is 6. The maximum atomic E-state index is 4.93. The number of aromatic nitrogens is 3. The number of nitrogens with zero attached hydrogens (tertiary/aromatic N) is 5. The Morgan fingerprint density at radius 2 is 1.09 bits per heavy atom. The fourth-order valence-corrected chi connectivity index (χ4v) is 4.46. The molecule has 2 aromatic carbocycles. The van der Waals surface area contributed by atoms with Crippen molar-refractivity contribution >= 4 is 23.1 Å². The van der Waals surface area contributed by atoms with Gasteiger partial charge in [-0.2, -0.15) is 0 Å². The average molecular weight is 450 g/mol. The van der Waals surface area contributed by atoms with Gasteiger partial charge in [0, 0.05) is 53.9 Å². The van der Waals surface area contributed by atoms with Crippen LogP contribution < -0.4 is 9.80 Å². The van der Waals surface area contributed by atoms with Crippen LogP contribution in [0.4, 0.5) is 11.4 Å². The van der Waals surface area contributed by atoms with E-state index >= 15 is 0 Å². The Balaban J connectivity index is 2.03. The van der Waals surface area contributed by atoms with Crippen LogP contribution in [0.2, 0.25) is 0 Å². The first kappa shape index (κ1) is 24.1. The van der Waals surface area contributed by atoms with Gasteiger partial charge >= 0.3 is 0 Å². The van der Waals surface area contributed by atoms with Gasteiger partial charge in [0.05, 0.1) is 0 Å². The second-order valence-corrected chi connectivity index (χ2v) is 9.44. The van der Waals surface area contributed by atoms with Crippen LogP contribution in [0.25, 0.3) is 22.5 Å². The molecule has 0 fully saturated rings. The van der Waals surface area contributed by atoms with Crippen LogP contribution in [0.3, 0.4) is 0 Å². The number of rotatable bonds is 10. The molecule has 1 heterocycles. The lowest BCUT2D eigenvalue weighted by molar-refractivity contribution is 0.844. The summed E-state index contributed by atoms with van der Waals surface area (Å²) in [6, 6.07) is 17.2. The molecule has 0 aliphatic rings. The Hall–Kier alpha value is -2.60. The van der Waals surface area contributed by atoms with E-state index < -0.39 is 0 Å². The quantitative estimate of drug-likeness (QED) is 0.334. The molecule has 1 aromatic heterocycles. The Kier molecular flexibility index (Phi) is 8.51. The van der Waals surface area contributed by atoms with Gasteiger partial charge in [0.25, 0.3) is 0 Å². The van der Waals surface area contributed by atoms with E-state index in [9.17, 15) is 0 Å². The van der Waals surface area contributed by atoms with Gasteiger partial charge in [0.1, 0.15) is 11.4 Å². The van der Waals surface area contributed by atoms with Gasteiger partial charge in [0.2, 0.25) is 5.16 Å². The summed E-state index contributed by atoms with van der Waals surface area (Å²) in [5.41, 5.74) is 6.23. The standard InChI is InChI=1S/C26H35N5S/c1-7-30(8-2)22-15-11-20(12-16-22)24-25(28-29-26(27-24)32-19(5)6)21-13-17-23(18-14-21)31(9-3)10-4/h11-19H,7-10H2,1-6H3. The molecule has 0 bridgehead atoms. The predicted octanol–water partition coefficient (Wildman–Crippen LogP) is 6.40. The lowest BCUT2D eigenvalue weighted by atomic mass is 10.0. The fraction of sp³-hybridized carbons (Fsp3) is 0.423. The molecule has 3 rings (SSSR count). The molecule has 0 saturated heterocycles. The lowest BCUT2D eigenvalue weighted by Crippen LogP contribution is -2.21.